The van der Waals surface area contributed by atoms with Crippen LogP contribution >= 0.6 is 11.6 Å². The van der Waals surface area contributed by atoms with Gasteiger partial charge in [0.2, 0.25) is 5.95 Å². The summed E-state index contributed by atoms with van der Waals surface area (Å²) in [6, 6.07) is 15.9. The monoisotopic (exact) mass is 431 g/mol. The summed E-state index contributed by atoms with van der Waals surface area (Å²) in [5, 5.41) is 13.4. The quantitative estimate of drug-likeness (QED) is 0.504. The zero-order valence-electron chi connectivity index (χ0n) is 16.8. The summed E-state index contributed by atoms with van der Waals surface area (Å²) in [5.74, 6) is 0.759. The number of aromatic nitrogens is 4. The minimum Gasteiger partial charge on any atom is -0.368 e. The van der Waals surface area contributed by atoms with Gasteiger partial charge in [-0.2, -0.15) is 10.2 Å². The number of anilines is 2. The molecule has 0 radical (unpaired) electrons. The number of fused-ring (bicyclic) bond motifs is 1. The van der Waals surface area contributed by atoms with Gasteiger partial charge in [0, 0.05) is 0 Å². The highest BCUT2D eigenvalue weighted by Crippen LogP contribution is 2.26. The first-order valence-corrected chi connectivity index (χ1v) is 9.86. The molecule has 0 spiro atoms. The number of nitrogen functional groups attached to an aromatic ring is 1. The summed E-state index contributed by atoms with van der Waals surface area (Å²) < 4.78 is 1.51. The van der Waals surface area contributed by atoms with Crippen molar-refractivity contribution < 1.29 is 0 Å². The van der Waals surface area contributed by atoms with Crippen LogP contribution in [-0.4, -0.2) is 19.5 Å². The van der Waals surface area contributed by atoms with Gasteiger partial charge in [-0.25, -0.2) is 9.97 Å². The summed E-state index contributed by atoms with van der Waals surface area (Å²) >= 11 is 6.32. The lowest BCUT2D eigenvalue weighted by Crippen LogP contribution is -2.27. The fourth-order valence-corrected chi connectivity index (χ4v) is 3.68. The van der Waals surface area contributed by atoms with E-state index in [0.717, 1.165) is 0 Å². The van der Waals surface area contributed by atoms with Gasteiger partial charge in [0.1, 0.15) is 23.3 Å². The number of hydrogen-bond acceptors (Lipinski definition) is 7. The Labute approximate surface area is 183 Å². The van der Waals surface area contributed by atoms with Crippen molar-refractivity contribution in [2.24, 2.45) is 0 Å². The van der Waals surface area contributed by atoms with E-state index in [2.05, 4.69) is 21.4 Å². The van der Waals surface area contributed by atoms with Crippen LogP contribution in [0.25, 0.3) is 16.6 Å². The second-order valence-corrected chi connectivity index (χ2v) is 7.36. The number of nitrogens with zero attached hydrogens (tertiary/aromatic N) is 5. The molecule has 0 saturated heterocycles. The van der Waals surface area contributed by atoms with Crippen LogP contribution in [0.3, 0.4) is 0 Å². The van der Waals surface area contributed by atoms with E-state index in [1.54, 1.807) is 25.1 Å². The fraction of sp³-hybridized carbons (Fsp3) is 0.136. The van der Waals surface area contributed by atoms with Crippen LogP contribution in [0.1, 0.15) is 30.0 Å². The van der Waals surface area contributed by atoms with Crippen molar-refractivity contribution in [2.45, 2.75) is 19.9 Å². The lowest BCUT2D eigenvalue weighted by atomic mass is 10.2. The van der Waals surface area contributed by atoms with Crippen molar-refractivity contribution in [3.8, 4) is 11.8 Å². The fourth-order valence-electron chi connectivity index (χ4n) is 3.43. The van der Waals surface area contributed by atoms with E-state index in [-0.39, 0.29) is 22.9 Å². The molecule has 9 heteroatoms. The Hall–Kier alpha value is -3.96. The molecule has 2 aromatic carbocycles. The van der Waals surface area contributed by atoms with Gasteiger partial charge < -0.3 is 11.1 Å². The number of nitriles is 1. The van der Waals surface area contributed by atoms with Crippen LogP contribution < -0.4 is 16.6 Å². The number of hydrogen-bond donors (Lipinski definition) is 2. The van der Waals surface area contributed by atoms with Gasteiger partial charge in [-0.1, -0.05) is 35.9 Å². The molecule has 4 aromatic rings. The molecule has 0 saturated carbocycles. The highest BCUT2D eigenvalue weighted by atomic mass is 35.5. The maximum absolute atomic E-state index is 13.5. The van der Waals surface area contributed by atoms with Crippen molar-refractivity contribution in [2.75, 3.05) is 11.1 Å². The highest BCUT2D eigenvalue weighted by molar-refractivity contribution is 6.35. The Bertz CT molecular complexity index is 1390. The zero-order chi connectivity index (χ0) is 22.1. The van der Waals surface area contributed by atoms with E-state index in [4.69, 9.17) is 22.3 Å². The average Bonchev–Trinajstić information content (AvgIpc) is 2.74. The summed E-state index contributed by atoms with van der Waals surface area (Å²) in [6.07, 6.45) is 0. The van der Waals surface area contributed by atoms with Crippen LogP contribution in [-0.2, 0) is 0 Å². The molecule has 31 heavy (non-hydrogen) atoms. The molecule has 0 fully saturated rings. The lowest BCUT2D eigenvalue weighted by Gasteiger charge is -2.21. The molecule has 0 aliphatic carbocycles. The maximum Gasteiger partial charge on any atom is 0.267 e. The third kappa shape index (κ3) is 3.67. The first-order valence-electron chi connectivity index (χ1n) is 9.48. The summed E-state index contributed by atoms with van der Waals surface area (Å²) in [7, 11) is 0. The Morgan fingerprint density at radius 1 is 1.13 bits per heavy atom. The molecular formula is C22H18ClN7O. The predicted octanol–water partition coefficient (Wildman–Crippen LogP) is 3.76. The molecule has 0 aliphatic rings. The van der Waals surface area contributed by atoms with Gasteiger partial charge >= 0.3 is 0 Å². The van der Waals surface area contributed by atoms with Crippen molar-refractivity contribution in [3.05, 3.63) is 81.0 Å². The van der Waals surface area contributed by atoms with Crippen LogP contribution in [0.5, 0.6) is 0 Å². The van der Waals surface area contributed by atoms with E-state index in [0.29, 0.717) is 33.1 Å². The minimum absolute atomic E-state index is 0.0462. The largest absolute Gasteiger partial charge is 0.368 e. The molecule has 3 N–H and O–H groups in total. The van der Waals surface area contributed by atoms with Gasteiger partial charge in [-0.15, -0.1) is 0 Å². The smallest absolute Gasteiger partial charge is 0.267 e. The second kappa shape index (κ2) is 8.05. The SMILES string of the molecule is Cc1nc(N)nc(NC(C)c2nc3cccc(Cl)c3c(=O)n2-c2ccccc2)c1C#N. The third-order valence-electron chi connectivity index (χ3n) is 4.85. The number of benzene rings is 2. The van der Waals surface area contributed by atoms with Crippen molar-refractivity contribution in [1.82, 2.24) is 19.5 Å². The number of para-hydroxylation sites is 1. The normalized spacial score (nSPS) is 11.8. The Morgan fingerprint density at radius 2 is 1.87 bits per heavy atom. The van der Waals surface area contributed by atoms with Gasteiger partial charge in [-0.3, -0.25) is 9.36 Å². The average molecular weight is 432 g/mol. The van der Waals surface area contributed by atoms with E-state index in [1.165, 1.54) is 4.57 Å². The highest BCUT2D eigenvalue weighted by Gasteiger charge is 2.21. The standard InChI is InChI=1S/C22H18ClN7O/c1-12-15(11-24)19(29-22(25)27-12)26-13(2)20-28-17-10-6-9-16(23)18(17)21(31)30(20)14-7-4-3-5-8-14/h3-10,13H,1-2H3,(H3,25,26,27,29). The number of rotatable bonds is 4. The zero-order valence-corrected chi connectivity index (χ0v) is 17.6. The van der Waals surface area contributed by atoms with E-state index in [1.807, 2.05) is 37.3 Å². The van der Waals surface area contributed by atoms with E-state index >= 15 is 0 Å². The third-order valence-corrected chi connectivity index (χ3v) is 5.16. The molecule has 8 nitrogen and oxygen atoms in total. The second-order valence-electron chi connectivity index (χ2n) is 6.95. The molecule has 2 heterocycles. The predicted molar refractivity (Wildman–Crippen MR) is 120 cm³/mol. The molecule has 2 aromatic heterocycles. The molecule has 4 rings (SSSR count). The molecule has 1 atom stereocenters. The first-order chi connectivity index (χ1) is 14.9. The molecule has 0 bridgehead atoms. The number of nitrogens with one attached hydrogen (secondary N) is 1. The first kappa shape index (κ1) is 20.3. The van der Waals surface area contributed by atoms with Gasteiger partial charge in [0.25, 0.3) is 5.56 Å². The topological polar surface area (TPSA) is 123 Å². The number of aryl methyl sites for hydroxylation is 1. The molecule has 0 aliphatic heterocycles. The molecule has 0 amide bonds. The van der Waals surface area contributed by atoms with Crippen LogP contribution in [0.15, 0.2) is 53.3 Å². The van der Waals surface area contributed by atoms with E-state index in [9.17, 15) is 10.1 Å². The summed E-state index contributed by atoms with van der Waals surface area (Å²) in [4.78, 5) is 26.4. The van der Waals surface area contributed by atoms with Gasteiger partial charge in [0.05, 0.1) is 33.3 Å². The Morgan fingerprint density at radius 3 is 2.58 bits per heavy atom. The van der Waals surface area contributed by atoms with Crippen molar-refractivity contribution >= 4 is 34.3 Å². The van der Waals surface area contributed by atoms with Crippen LogP contribution in [0, 0.1) is 18.3 Å². The van der Waals surface area contributed by atoms with Crippen LogP contribution in [0.2, 0.25) is 5.02 Å². The Kier molecular flexibility index (Phi) is 5.28. The van der Waals surface area contributed by atoms with Gasteiger partial charge in [-0.05, 0) is 38.1 Å². The van der Waals surface area contributed by atoms with E-state index < -0.39 is 6.04 Å². The summed E-state index contributed by atoms with van der Waals surface area (Å²) in [6.45, 7) is 3.51. The van der Waals surface area contributed by atoms with Gasteiger partial charge in [0.15, 0.2) is 0 Å². The number of halogens is 1. The Balaban J connectivity index is 1.94. The van der Waals surface area contributed by atoms with Crippen LogP contribution in [0.4, 0.5) is 11.8 Å². The molecule has 154 valence electrons. The maximum atomic E-state index is 13.5. The number of nitrogens with two attached hydrogens (primary N) is 1. The lowest BCUT2D eigenvalue weighted by molar-refractivity contribution is 0.730. The minimum atomic E-state index is -0.503. The van der Waals surface area contributed by atoms with Crippen molar-refractivity contribution in [1.29, 1.82) is 5.26 Å². The molecule has 1 unspecified atom stereocenters. The molecular weight excluding hydrogens is 414 g/mol. The summed E-state index contributed by atoms with van der Waals surface area (Å²) in [5.41, 5.74) is 7.35. The van der Waals surface area contributed by atoms with Crippen molar-refractivity contribution in [3.63, 3.8) is 0 Å².